The molecule has 0 unspecified atom stereocenters. The van der Waals surface area contributed by atoms with Crippen molar-refractivity contribution in [1.82, 2.24) is 9.97 Å². The Morgan fingerprint density at radius 1 is 1.10 bits per heavy atom. The third-order valence-corrected chi connectivity index (χ3v) is 4.44. The van der Waals surface area contributed by atoms with Gasteiger partial charge < -0.3 is 0 Å². The van der Waals surface area contributed by atoms with E-state index >= 15 is 0 Å². The Morgan fingerprint density at radius 2 is 1.95 bits per heavy atom. The summed E-state index contributed by atoms with van der Waals surface area (Å²) < 4.78 is 0. The van der Waals surface area contributed by atoms with Gasteiger partial charge in [0.2, 0.25) is 0 Å². The van der Waals surface area contributed by atoms with Gasteiger partial charge in [0.25, 0.3) is 0 Å². The lowest BCUT2D eigenvalue weighted by Gasteiger charge is -2.08. The molecule has 2 aliphatic carbocycles. The molecule has 0 aliphatic heterocycles. The molecule has 0 saturated heterocycles. The van der Waals surface area contributed by atoms with Gasteiger partial charge >= 0.3 is 0 Å². The van der Waals surface area contributed by atoms with Crippen LogP contribution in [0.3, 0.4) is 0 Å². The first-order chi connectivity index (χ1) is 9.81. The third-order valence-electron chi connectivity index (χ3n) is 4.44. The largest absolute Gasteiger partial charge is 0.240 e. The predicted octanol–water partition coefficient (Wildman–Crippen LogP) is 3.19. The second-order valence-corrected chi connectivity index (χ2v) is 5.80. The average molecular weight is 261 g/mol. The van der Waals surface area contributed by atoms with Crippen LogP contribution in [0.25, 0.3) is 11.3 Å². The van der Waals surface area contributed by atoms with Crippen molar-refractivity contribution in [3.05, 3.63) is 47.4 Å². The van der Waals surface area contributed by atoms with Crippen molar-refractivity contribution in [2.24, 2.45) is 0 Å². The first kappa shape index (κ1) is 11.6. The van der Waals surface area contributed by atoms with E-state index in [4.69, 9.17) is 0 Å². The zero-order chi connectivity index (χ0) is 13.6. The van der Waals surface area contributed by atoms with Crippen molar-refractivity contribution in [2.75, 3.05) is 0 Å². The summed E-state index contributed by atoms with van der Waals surface area (Å²) >= 11 is 0. The minimum Gasteiger partial charge on any atom is -0.240 e. The van der Waals surface area contributed by atoms with Crippen molar-refractivity contribution in [3.63, 3.8) is 0 Å². The van der Waals surface area contributed by atoms with E-state index in [1.165, 1.54) is 30.4 Å². The topological polar surface area (TPSA) is 49.6 Å². The Labute approximate surface area is 118 Å². The molecular weight excluding hydrogens is 246 g/mol. The summed E-state index contributed by atoms with van der Waals surface area (Å²) in [6.45, 7) is 0. The van der Waals surface area contributed by atoms with Crippen molar-refractivity contribution in [3.8, 4) is 17.3 Å². The van der Waals surface area contributed by atoms with Gasteiger partial charge in [0.05, 0.1) is 11.8 Å². The number of rotatable bonds is 2. The maximum absolute atomic E-state index is 9.27. The van der Waals surface area contributed by atoms with Crippen LogP contribution >= 0.6 is 0 Å². The van der Waals surface area contributed by atoms with Crippen LogP contribution in [0.4, 0.5) is 0 Å². The molecule has 0 spiro atoms. The highest BCUT2D eigenvalue weighted by Crippen LogP contribution is 2.46. The van der Waals surface area contributed by atoms with E-state index in [0.717, 1.165) is 24.1 Å². The highest BCUT2D eigenvalue weighted by Gasteiger charge is 2.47. The molecule has 0 N–H and O–H groups in total. The number of hydrogen-bond acceptors (Lipinski definition) is 3. The number of benzene rings is 1. The van der Waals surface area contributed by atoms with Gasteiger partial charge in [-0.3, -0.25) is 0 Å². The van der Waals surface area contributed by atoms with Crippen LogP contribution in [0, 0.1) is 11.3 Å². The zero-order valence-electron chi connectivity index (χ0n) is 11.3. The van der Waals surface area contributed by atoms with E-state index in [1.807, 2.05) is 6.07 Å². The van der Waals surface area contributed by atoms with Crippen LogP contribution < -0.4 is 0 Å². The monoisotopic (exact) mass is 261 g/mol. The van der Waals surface area contributed by atoms with Crippen LogP contribution in [0.1, 0.15) is 36.2 Å². The molecule has 1 heterocycles. The third kappa shape index (κ3) is 1.72. The minimum absolute atomic E-state index is 0.410. The number of nitriles is 1. The van der Waals surface area contributed by atoms with E-state index in [9.17, 15) is 5.26 Å². The molecule has 2 aromatic rings. The summed E-state index contributed by atoms with van der Waals surface area (Å²) in [6, 6.07) is 10.9. The summed E-state index contributed by atoms with van der Waals surface area (Å²) in [5.74, 6) is 0.693. The maximum Gasteiger partial charge on any atom is 0.149 e. The van der Waals surface area contributed by atoms with Gasteiger partial charge in [-0.2, -0.15) is 5.26 Å². The molecule has 0 amide bonds. The van der Waals surface area contributed by atoms with E-state index in [-0.39, 0.29) is 0 Å². The molecule has 1 aromatic heterocycles. The Hall–Kier alpha value is -2.21. The number of aromatic nitrogens is 2. The fourth-order valence-electron chi connectivity index (χ4n) is 2.99. The quantitative estimate of drug-likeness (QED) is 0.834. The van der Waals surface area contributed by atoms with Gasteiger partial charge in [-0.25, -0.2) is 9.97 Å². The van der Waals surface area contributed by atoms with Gasteiger partial charge in [0, 0.05) is 11.8 Å². The summed E-state index contributed by atoms with van der Waals surface area (Å²) in [7, 11) is 0. The first-order valence-electron chi connectivity index (χ1n) is 7.18. The molecule has 3 nitrogen and oxygen atoms in total. The lowest BCUT2D eigenvalue weighted by Crippen LogP contribution is -2.09. The molecule has 20 heavy (non-hydrogen) atoms. The predicted molar refractivity (Wildman–Crippen MR) is 76.0 cm³/mol. The standard InChI is InChI=1S/C17H15N3/c18-11-17(7-8-17)16-19-9-6-15(20-16)14-5-4-12-2-1-3-13(12)10-14/h4-6,9-10H,1-3,7-8H2. The van der Waals surface area contributed by atoms with E-state index in [2.05, 4.69) is 34.2 Å². The molecule has 0 bridgehead atoms. The van der Waals surface area contributed by atoms with Crippen LogP contribution in [-0.2, 0) is 18.3 Å². The van der Waals surface area contributed by atoms with Crippen LogP contribution in [0.5, 0.6) is 0 Å². The second kappa shape index (κ2) is 4.14. The molecule has 4 rings (SSSR count). The van der Waals surface area contributed by atoms with Crippen LogP contribution in [0.2, 0.25) is 0 Å². The Kier molecular flexibility index (Phi) is 2.40. The van der Waals surface area contributed by atoms with Crippen LogP contribution in [-0.4, -0.2) is 9.97 Å². The molecule has 1 saturated carbocycles. The lowest BCUT2D eigenvalue weighted by atomic mass is 10.0. The normalized spacial score (nSPS) is 18.4. The van der Waals surface area contributed by atoms with Gasteiger partial charge in [0.1, 0.15) is 11.2 Å². The minimum atomic E-state index is -0.410. The first-order valence-corrected chi connectivity index (χ1v) is 7.18. The number of fused-ring (bicyclic) bond motifs is 1. The number of aryl methyl sites for hydroxylation is 2. The SMILES string of the molecule is N#CC1(c2nccc(-c3ccc4c(c3)CCC4)n2)CC1. The summed E-state index contributed by atoms with van der Waals surface area (Å²) in [5.41, 5.74) is 4.59. The van der Waals surface area contributed by atoms with Gasteiger partial charge in [0.15, 0.2) is 0 Å². The summed E-state index contributed by atoms with van der Waals surface area (Å²) in [4.78, 5) is 8.95. The highest BCUT2D eigenvalue weighted by molar-refractivity contribution is 5.61. The fraction of sp³-hybridized carbons (Fsp3) is 0.353. The number of hydrogen-bond donors (Lipinski definition) is 0. The maximum atomic E-state index is 9.27. The molecule has 98 valence electrons. The Balaban J connectivity index is 1.76. The van der Waals surface area contributed by atoms with Gasteiger partial charge in [-0.15, -0.1) is 0 Å². The Morgan fingerprint density at radius 3 is 2.75 bits per heavy atom. The number of nitrogens with zero attached hydrogens (tertiary/aromatic N) is 3. The van der Waals surface area contributed by atoms with E-state index in [0.29, 0.717) is 5.82 Å². The molecule has 0 radical (unpaired) electrons. The van der Waals surface area contributed by atoms with Crippen molar-refractivity contribution < 1.29 is 0 Å². The molecule has 1 aromatic carbocycles. The fourth-order valence-corrected chi connectivity index (χ4v) is 2.99. The molecule has 0 atom stereocenters. The van der Waals surface area contributed by atoms with Crippen molar-refractivity contribution >= 4 is 0 Å². The van der Waals surface area contributed by atoms with Crippen molar-refractivity contribution in [1.29, 1.82) is 5.26 Å². The van der Waals surface area contributed by atoms with E-state index < -0.39 is 5.41 Å². The van der Waals surface area contributed by atoms with E-state index in [1.54, 1.807) is 6.20 Å². The molecule has 1 fully saturated rings. The van der Waals surface area contributed by atoms with Gasteiger partial charge in [-0.05, 0) is 55.4 Å². The van der Waals surface area contributed by atoms with Crippen molar-refractivity contribution in [2.45, 2.75) is 37.5 Å². The molecular formula is C17H15N3. The zero-order valence-corrected chi connectivity index (χ0v) is 11.3. The molecule has 3 heteroatoms. The smallest absolute Gasteiger partial charge is 0.149 e. The summed E-state index contributed by atoms with van der Waals surface area (Å²) in [5, 5.41) is 9.27. The lowest BCUT2D eigenvalue weighted by molar-refractivity contribution is 0.799. The second-order valence-electron chi connectivity index (χ2n) is 5.80. The van der Waals surface area contributed by atoms with Crippen LogP contribution in [0.15, 0.2) is 30.5 Å². The molecule has 2 aliphatic rings. The summed E-state index contributed by atoms with van der Waals surface area (Å²) in [6.07, 6.45) is 7.17. The highest BCUT2D eigenvalue weighted by atomic mass is 14.9. The average Bonchev–Trinajstić information content (AvgIpc) is 3.17. The van der Waals surface area contributed by atoms with Gasteiger partial charge in [-0.1, -0.05) is 12.1 Å². The Bertz CT molecular complexity index is 723.